The summed E-state index contributed by atoms with van der Waals surface area (Å²) in [7, 11) is 3.61. The van der Waals surface area contributed by atoms with Gasteiger partial charge in [-0.2, -0.15) is 13.2 Å². The fraction of sp³-hybridized carbons (Fsp3) is 0.909. The molecule has 7 heteroatoms. The molecule has 0 N–H and O–H groups in total. The predicted molar refractivity (Wildman–Crippen MR) is 73.8 cm³/mol. The molecule has 1 rings (SSSR count). The van der Waals surface area contributed by atoms with Crippen molar-refractivity contribution in [1.82, 2.24) is 9.80 Å². The van der Waals surface area contributed by atoms with Gasteiger partial charge < -0.3 is 4.90 Å². The molecule has 0 aliphatic heterocycles. The normalized spacial score (nSPS) is 19.9. The zero-order valence-electron chi connectivity index (χ0n) is 10.6. The van der Waals surface area contributed by atoms with Gasteiger partial charge >= 0.3 is 6.18 Å². The van der Waals surface area contributed by atoms with E-state index in [9.17, 15) is 13.2 Å². The molecule has 0 aromatic carbocycles. The van der Waals surface area contributed by atoms with Crippen LogP contribution in [-0.2, 0) is 0 Å². The Balaban J connectivity index is 3.02. The number of halogens is 3. The van der Waals surface area contributed by atoms with E-state index in [4.69, 9.17) is 12.2 Å². The minimum atomic E-state index is -4.27. The van der Waals surface area contributed by atoms with E-state index in [1.807, 2.05) is 4.90 Å². The molecular formula is C11H19F3N2S2. The van der Waals surface area contributed by atoms with Crippen LogP contribution in [0.15, 0.2) is 0 Å². The number of thiocarbonyl (C=S) groups is 1. The highest BCUT2D eigenvalue weighted by Crippen LogP contribution is 2.37. The van der Waals surface area contributed by atoms with Crippen LogP contribution >= 0.6 is 24.8 Å². The lowest BCUT2D eigenvalue weighted by atomic mass is 9.86. The van der Waals surface area contributed by atoms with Crippen molar-refractivity contribution in [3.05, 3.63) is 0 Å². The number of hydrogen-bond acceptors (Lipinski definition) is 2. The van der Waals surface area contributed by atoms with Gasteiger partial charge in [0, 0.05) is 0 Å². The van der Waals surface area contributed by atoms with Crippen molar-refractivity contribution in [2.75, 3.05) is 20.6 Å². The van der Waals surface area contributed by atoms with Crippen LogP contribution in [-0.4, -0.2) is 46.6 Å². The summed E-state index contributed by atoms with van der Waals surface area (Å²) < 4.78 is 38.1. The first-order valence-electron chi connectivity index (χ1n) is 5.94. The molecule has 0 spiro atoms. The van der Waals surface area contributed by atoms with E-state index >= 15 is 0 Å². The van der Waals surface area contributed by atoms with Gasteiger partial charge in [0.15, 0.2) is 0 Å². The SMILES string of the molecule is CN(C)C1(N(CC(F)(F)F)C(=S)S)CCCCC1. The summed E-state index contributed by atoms with van der Waals surface area (Å²) in [5.74, 6) is 0. The number of nitrogens with zero attached hydrogens (tertiary/aromatic N) is 2. The quantitative estimate of drug-likeness (QED) is 0.486. The zero-order valence-corrected chi connectivity index (χ0v) is 12.3. The van der Waals surface area contributed by atoms with Crippen LogP contribution in [0.3, 0.4) is 0 Å². The van der Waals surface area contributed by atoms with Gasteiger partial charge in [-0.05, 0) is 39.8 Å². The van der Waals surface area contributed by atoms with Gasteiger partial charge in [0.05, 0.1) is 5.66 Å². The molecule has 0 unspecified atom stereocenters. The maximum Gasteiger partial charge on any atom is 0.406 e. The number of hydrogen-bond donors (Lipinski definition) is 1. The highest BCUT2D eigenvalue weighted by atomic mass is 32.1. The maximum atomic E-state index is 12.7. The average Bonchev–Trinajstić information content (AvgIpc) is 2.25. The van der Waals surface area contributed by atoms with Crippen LogP contribution in [0.4, 0.5) is 13.2 Å². The minimum absolute atomic E-state index is 0.0166. The Bertz CT molecular complexity index is 299. The van der Waals surface area contributed by atoms with Crippen LogP contribution in [0.2, 0.25) is 0 Å². The molecule has 2 nitrogen and oxygen atoms in total. The summed E-state index contributed by atoms with van der Waals surface area (Å²) in [5.41, 5.74) is -0.646. The summed E-state index contributed by atoms with van der Waals surface area (Å²) in [6, 6.07) is 0. The molecule has 0 amide bonds. The largest absolute Gasteiger partial charge is 0.406 e. The Morgan fingerprint density at radius 3 is 2.06 bits per heavy atom. The highest BCUT2D eigenvalue weighted by molar-refractivity contribution is 8.10. The predicted octanol–water partition coefficient (Wildman–Crippen LogP) is 3.29. The van der Waals surface area contributed by atoms with Crippen LogP contribution in [0.25, 0.3) is 0 Å². The summed E-state index contributed by atoms with van der Waals surface area (Å²) in [5, 5.41) is 0. The van der Waals surface area contributed by atoms with Crippen LogP contribution in [0.1, 0.15) is 32.1 Å². The van der Waals surface area contributed by atoms with Crippen LogP contribution in [0, 0.1) is 0 Å². The molecule has 1 saturated carbocycles. The molecule has 0 radical (unpaired) electrons. The summed E-state index contributed by atoms with van der Waals surface area (Å²) in [6.45, 7) is -1.03. The van der Waals surface area contributed by atoms with Gasteiger partial charge in [0.1, 0.15) is 10.9 Å². The lowest BCUT2D eigenvalue weighted by Gasteiger charge is -2.51. The number of alkyl halides is 3. The molecular weight excluding hydrogens is 281 g/mol. The Labute approximate surface area is 117 Å². The lowest BCUT2D eigenvalue weighted by Crippen LogP contribution is -2.61. The van der Waals surface area contributed by atoms with Crippen molar-refractivity contribution in [3.8, 4) is 0 Å². The van der Waals surface area contributed by atoms with Gasteiger partial charge in [-0.1, -0.05) is 18.6 Å². The fourth-order valence-corrected chi connectivity index (χ4v) is 3.14. The third-order valence-electron chi connectivity index (χ3n) is 3.56. The molecule has 106 valence electrons. The van der Waals surface area contributed by atoms with Crippen molar-refractivity contribution < 1.29 is 13.2 Å². The summed E-state index contributed by atoms with van der Waals surface area (Å²) >= 11 is 8.91. The Hall–Kier alpha value is -0.0100. The van der Waals surface area contributed by atoms with Crippen molar-refractivity contribution in [2.45, 2.75) is 43.9 Å². The lowest BCUT2D eigenvalue weighted by molar-refractivity contribution is -0.161. The molecule has 0 aromatic rings. The smallest absolute Gasteiger partial charge is 0.330 e. The number of rotatable bonds is 3. The molecule has 0 saturated heterocycles. The van der Waals surface area contributed by atoms with Gasteiger partial charge in [0.2, 0.25) is 0 Å². The number of thiol groups is 1. The Morgan fingerprint density at radius 1 is 1.22 bits per heavy atom. The van der Waals surface area contributed by atoms with E-state index < -0.39 is 18.4 Å². The van der Waals surface area contributed by atoms with Crippen molar-refractivity contribution >= 4 is 29.2 Å². The maximum absolute atomic E-state index is 12.7. The first-order valence-corrected chi connectivity index (χ1v) is 6.79. The van der Waals surface area contributed by atoms with Gasteiger partial charge in [-0.3, -0.25) is 4.90 Å². The zero-order chi connectivity index (χ0) is 14.0. The monoisotopic (exact) mass is 300 g/mol. The molecule has 0 heterocycles. The topological polar surface area (TPSA) is 6.48 Å². The molecule has 18 heavy (non-hydrogen) atoms. The summed E-state index contributed by atoms with van der Waals surface area (Å²) in [4.78, 5) is 3.07. The van der Waals surface area contributed by atoms with Crippen molar-refractivity contribution in [1.29, 1.82) is 0 Å². The van der Waals surface area contributed by atoms with E-state index in [1.54, 1.807) is 14.1 Å². The third-order valence-corrected chi connectivity index (χ3v) is 4.02. The first kappa shape index (κ1) is 16.0. The summed E-state index contributed by atoms with van der Waals surface area (Å²) in [6.07, 6.45) is 0.0153. The molecule has 1 fully saturated rings. The molecule has 1 aliphatic rings. The van der Waals surface area contributed by atoms with E-state index in [0.29, 0.717) is 12.8 Å². The molecule has 1 aliphatic carbocycles. The first-order chi connectivity index (χ1) is 8.19. The minimum Gasteiger partial charge on any atom is -0.330 e. The van der Waals surface area contributed by atoms with E-state index in [0.717, 1.165) is 19.3 Å². The average molecular weight is 300 g/mol. The molecule has 0 aromatic heterocycles. The highest BCUT2D eigenvalue weighted by Gasteiger charge is 2.45. The fourth-order valence-electron chi connectivity index (χ4n) is 2.65. The molecule has 0 bridgehead atoms. The van der Waals surface area contributed by atoms with E-state index in [-0.39, 0.29) is 4.32 Å². The van der Waals surface area contributed by atoms with Crippen molar-refractivity contribution in [3.63, 3.8) is 0 Å². The second-order valence-electron chi connectivity index (χ2n) is 4.92. The van der Waals surface area contributed by atoms with Crippen LogP contribution < -0.4 is 0 Å². The Morgan fingerprint density at radius 2 is 1.72 bits per heavy atom. The standard InChI is InChI=1S/C11H19F3N2S2/c1-15(2)10(6-4-3-5-7-10)16(9(17)18)8-11(12,13)14/h3-8H2,1-2H3,(H,17,18). The van der Waals surface area contributed by atoms with Crippen LogP contribution in [0.5, 0.6) is 0 Å². The van der Waals surface area contributed by atoms with E-state index in [1.165, 1.54) is 4.90 Å². The second-order valence-corrected chi connectivity index (χ2v) is 6.03. The van der Waals surface area contributed by atoms with E-state index in [2.05, 4.69) is 12.6 Å². The third kappa shape index (κ3) is 3.74. The second kappa shape index (κ2) is 5.96. The van der Waals surface area contributed by atoms with Gasteiger partial charge in [-0.15, -0.1) is 12.6 Å². The molecule has 0 atom stereocenters. The van der Waals surface area contributed by atoms with Gasteiger partial charge in [0.25, 0.3) is 0 Å². The van der Waals surface area contributed by atoms with Gasteiger partial charge in [-0.25, -0.2) is 0 Å². The van der Waals surface area contributed by atoms with Crippen molar-refractivity contribution in [2.24, 2.45) is 0 Å². The Kier molecular flexibility index (Phi) is 5.32.